The van der Waals surface area contributed by atoms with Gasteiger partial charge in [-0.15, -0.1) is 0 Å². The first-order valence-corrected chi connectivity index (χ1v) is 6.61. The van der Waals surface area contributed by atoms with Crippen molar-refractivity contribution in [2.24, 2.45) is 0 Å². The van der Waals surface area contributed by atoms with Crippen LogP contribution in [-0.2, 0) is 10.1 Å². The Hall–Kier alpha value is -0.540. The highest BCUT2D eigenvalue weighted by atomic mass is 79.9. The van der Waals surface area contributed by atoms with Gasteiger partial charge in [-0.3, -0.25) is 0 Å². The van der Waals surface area contributed by atoms with Crippen molar-refractivity contribution >= 4 is 15.9 Å². The second-order valence-corrected chi connectivity index (χ2v) is 4.47. The van der Waals surface area contributed by atoms with Crippen molar-refractivity contribution in [3.8, 4) is 5.75 Å². The largest absolute Gasteiger partial charge is 0.490 e. The van der Waals surface area contributed by atoms with Gasteiger partial charge in [0.1, 0.15) is 5.75 Å². The molecule has 90 valence electrons. The van der Waals surface area contributed by atoms with E-state index >= 15 is 0 Å². The van der Waals surface area contributed by atoms with Gasteiger partial charge in [0.2, 0.25) is 0 Å². The molecule has 0 N–H and O–H groups in total. The standard InChI is InChI=1S/C13H19BrO2/c1-10-5-4-6-12(9-14)13(10)16-11(2)7-8-15-3/h4-6,11H,7-9H2,1-3H3. The summed E-state index contributed by atoms with van der Waals surface area (Å²) in [6.45, 7) is 4.88. The molecule has 0 aromatic heterocycles. The fourth-order valence-corrected chi connectivity index (χ4v) is 1.97. The molecule has 0 saturated heterocycles. The van der Waals surface area contributed by atoms with Gasteiger partial charge in [-0.05, 0) is 19.4 Å². The van der Waals surface area contributed by atoms with Crippen LogP contribution in [0.1, 0.15) is 24.5 Å². The molecular weight excluding hydrogens is 268 g/mol. The highest BCUT2D eigenvalue weighted by Gasteiger charge is 2.10. The van der Waals surface area contributed by atoms with Crippen LogP contribution in [0.2, 0.25) is 0 Å². The first-order chi connectivity index (χ1) is 7.69. The van der Waals surface area contributed by atoms with E-state index in [1.807, 2.05) is 0 Å². The third kappa shape index (κ3) is 3.80. The summed E-state index contributed by atoms with van der Waals surface area (Å²) in [5.41, 5.74) is 2.38. The molecule has 0 fully saturated rings. The first-order valence-electron chi connectivity index (χ1n) is 5.49. The smallest absolute Gasteiger partial charge is 0.126 e. The molecule has 0 aliphatic carbocycles. The predicted octanol–water partition coefficient (Wildman–Crippen LogP) is 3.69. The van der Waals surface area contributed by atoms with Crippen LogP contribution in [0.15, 0.2) is 18.2 Å². The first kappa shape index (κ1) is 13.5. The molecule has 0 saturated carbocycles. The third-order valence-corrected chi connectivity index (χ3v) is 3.09. The Morgan fingerprint density at radius 3 is 2.75 bits per heavy atom. The number of ether oxygens (including phenoxy) is 2. The molecule has 16 heavy (non-hydrogen) atoms. The summed E-state index contributed by atoms with van der Waals surface area (Å²) < 4.78 is 11.0. The maximum atomic E-state index is 5.96. The number of rotatable bonds is 6. The average Bonchev–Trinajstić information content (AvgIpc) is 2.29. The van der Waals surface area contributed by atoms with Gasteiger partial charge < -0.3 is 9.47 Å². The Bertz CT molecular complexity index is 326. The van der Waals surface area contributed by atoms with Crippen molar-refractivity contribution in [2.75, 3.05) is 13.7 Å². The minimum Gasteiger partial charge on any atom is -0.490 e. The highest BCUT2D eigenvalue weighted by molar-refractivity contribution is 9.08. The van der Waals surface area contributed by atoms with Crippen LogP contribution >= 0.6 is 15.9 Å². The minimum absolute atomic E-state index is 0.179. The molecule has 3 heteroatoms. The van der Waals surface area contributed by atoms with E-state index in [2.05, 4.69) is 48.0 Å². The molecule has 2 nitrogen and oxygen atoms in total. The van der Waals surface area contributed by atoms with E-state index in [-0.39, 0.29) is 6.10 Å². The molecule has 0 aliphatic rings. The maximum absolute atomic E-state index is 5.96. The lowest BCUT2D eigenvalue weighted by molar-refractivity contribution is 0.134. The molecule has 1 rings (SSSR count). The van der Waals surface area contributed by atoms with Crippen molar-refractivity contribution < 1.29 is 9.47 Å². The van der Waals surface area contributed by atoms with Crippen LogP contribution in [0.25, 0.3) is 0 Å². The summed E-state index contributed by atoms with van der Waals surface area (Å²) in [7, 11) is 1.71. The molecule has 1 aromatic carbocycles. The Balaban J connectivity index is 2.71. The number of benzene rings is 1. The van der Waals surface area contributed by atoms with Gasteiger partial charge in [0.15, 0.2) is 0 Å². The molecule has 1 unspecified atom stereocenters. The van der Waals surface area contributed by atoms with Crippen LogP contribution < -0.4 is 4.74 Å². The summed E-state index contributed by atoms with van der Waals surface area (Å²) >= 11 is 3.48. The maximum Gasteiger partial charge on any atom is 0.126 e. The SMILES string of the molecule is COCCC(C)Oc1c(C)cccc1CBr. The second kappa shape index (κ2) is 6.92. The number of halogens is 1. The van der Waals surface area contributed by atoms with Crippen molar-refractivity contribution in [1.82, 2.24) is 0 Å². The van der Waals surface area contributed by atoms with E-state index in [0.717, 1.165) is 24.1 Å². The van der Waals surface area contributed by atoms with E-state index < -0.39 is 0 Å². The number of para-hydroxylation sites is 1. The number of aryl methyl sites for hydroxylation is 1. The Kier molecular flexibility index (Phi) is 5.85. The molecular formula is C13H19BrO2. The number of hydrogen-bond donors (Lipinski definition) is 0. The lowest BCUT2D eigenvalue weighted by atomic mass is 10.1. The zero-order valence-electron chi connectivity index (χ0n) is 10.1. The molecule has 1 aromatic rings. The van der Waals surface area contributed by atoms with E-state index in [1.54, 1.807) is 7.11 Å². The summed E-state index contributed by atoms with van der Waals surface area (Å²) in [4.78, 5) is 0. The quantitative estimate of drug-likeness (QED) is 0.743. The number of hydrogen-bond acceptors (Lipinski definition) is 2. The zero-order valence-corrected chi connectivity index (χ0v) is 11.7. The lowest BCUT2D eigenvalue weighted by Gasteiger charge is -2.18. The predicted molar refractivity (Wildman–Crippen MR) is 70.4 cm³/mol. The number of methoxy groups -OCH3 is 1. The summed E-state index contributed by atoms with van der Waals surface area (Å²) in [6, 6.07) is 6.21. The third-order valence-electron chi connectivity index (χ3n) is 2.48. The molecule has 0 spiro atoms. The Labute approximate surface area is 106 Å². The topological polar surface area (TPSA) is 18.5 Å². The van der Waals surface area contributed by atoms with E-state index in [9.17, 15) is 0 Å². The van der Waals surface area contributed by atoms with Crippen molar-refractivity contribution in [3.63, 3.8) is 0 Å². The normalized spacial score (nSPS) is 12.5. The highest BCUT2D eigenvalue weighted by Crippen LogP contribution is 2.26. The fraction of sp³-hybridized carbons (Fsp3) is 0.538. The monoisotopic (exact) mass is 286 g/mol. The molecule has 1 atom stereocenters. The van der Waals surface area contributed by atoms with Gasteiger partial charge in [0.25, 0.3) is 0 Å². The lowest BCUT2D eigenvalue weighted by Crippen LogP contribution is -2.15. The average molecular weight is 287 g/mol. The van der Waals surface area contributed by atoms with Gasteiger partial charge in [-0.1, -0.05) is 34.1 Å². The van der Waals surface area contributed by atoms with Crippen LogP contribution in [0.3, 0.4) is 0 Å². The second-order valence-electron chi connectivity index (χ2n) is 3.91. The Morgan fingerprint density at radius 1 is 1.38 bits per heavy atom. The van der Waals surface area contributed by atoms with Gasteiger partial charge in [0.05, 0.1) is 6.10 Å². The van der Waals surface area contributed by atoms with Gasteiger partial charge >= 0.3 is 0 Å². The molecule has 0 heterocycles. The van der Waals surface area contributed by atoms with Crippen LogP contribution in [0.5, 0.6) is 5.75 Å². The van der Waals surface area contributed by atoms with E-state index in [4.69, 9.17) is 9.47 Å². The van der Waals surface area contributed by atoms with Crippen molar-refractivity contribution in [3.05, 3.63) is 29.3 Å². The Morgan fingerprint density at radius 2 is 2.12 bits per heavy atom. The molecule has 0 aliphatic heterocycles. The molecule has 0 radical (unpaired) electrons. The molecule has 0 bridgehead atoms. The number of alkyl halides is 1. The van der Waals surface area contributed by atoms with Crippen molar-refractivity contribution in [2.45, 2.75) is 31.7 Å². The zero-order chi connectivity index (χ0) is 12.0. The van der Waals surface area contributed by atoms with Gasteiger partial charge in [0, 0.05) is 31.0 Å². The van der Waals surface area contributed by atoms with Crippen molar-refractivity contribution in [1.29, 1.82) is 0 Å². The van der Waals surface area contributed by atoms with Crippen LogP contribution in [-0.4, -0.2) is 19.8 Å². The van der Waals surface area contributed by atoms with Gasteiger partial charge in [-0.2, -0.15) is 0 Å². The van der Waals surface area contributed by atoms with Gasteiger partial charge in [-0.25, -0.2) is 0 Å². The summed E-state index contributed by atoms with van der Waals surface area (Å²) in [6.07, 6.45) is 1.09. The summed E-state index contributed by atoms with van der Waals surface area (Å²) in [5, 5.41) is 0.820. The fourth-order valence-electron chi connectivity index (χ4n) is 1.53. The minimum atomic E-state index is 0.179. The van der Waals surface area contributed by atoms with E-state index in [1.165, 1.54) is 11.1 Å². The van der Waals surface area contributed by atoms with E-state index in [0.29, 0.717) is 0 Å². The van der Waals surface area contributed by atoms with Crippen LogP contribution in [0, 0.1) is 6.92 Å². The molecule has 0 amide bonds. The van der Waals surface area contributed by atoms with Crippen LogP contribution in [0.4, 0.5) is 0 Å². The summed E-state index contributed by atoms with van der Waals surface area (Å²) in [5.74, 6) is 1.00.